The molecule has 0 aromatic rings. The Kier molecular flexibility index (Phi) is 4.23. The van der Waals surface area contributed by atoms with Crippen LogP contribution in [0.1, 0.15) is 34.6 Å². The summed E-state index contributed by atoms with van der Waals surface area (Å²) in [5.74, 6) is 2.50. The van der Waals surface area contributed by atoms with Gasteiger partial charge in [-0.25, -0.2) is 0 Å². The summed E-state index contributed by atoms with van der Waals surface area (Å²) in [5, 5.41) is 9.31. The molecule has 1 N–H and O–H groups in total. The molecule has 0 aromatic carbocycles. The van der Waals surface area contributed by atoms with Gasteiger partial charge in [-0.2, -0.15) is 0 Å². The molecule has 1 aliphatic rings. The first-order chi connectivity index (χ1) is 6.86. The van der Waals surface area contributed by atoms with Crippen molar-refractivity contribution in [3.05, 3.63) is 19.2 Å². The van der Waals surface area contributed by atoms with Crippen LogP contribution in [0.2, 0.25) is 0 Å². The van der Waals surface area contributed by atoms with Gasteiger partial charge >= 0.3 is 103 Å². The molecule has 1 aliphatic heterocycles. The summed E-state index contributed by atoms with van der Waals surface area (Å²) in [5.41, 5.74) is -0.00775. The summed E-state index contributed by atoms with van der Waals surface area (Å²) in [6.07, 6.45) is 0. The third-order valence-electron chi connectivity index (χ3n) is 2.15. The van der Waals surface area contributed by atoms with Crippen LogP contribution in [0.25, 0.3) is 0 Å². The average Bonchev–Trinajstić information content (AvgIpc) is 2.15. The second kappa shape index (κ2) is 4.87. The third-order valence-corrected chi connectivity index (χ3v) is 4.66. The molecule has 3 heteroatoms. The molecule has 0 saturated heterocycles. The standard InChI is InChI=1S/C12H20IO2/c1-8(2)10-6-13-9(7-14)11(15-10)12(3,4)5/h6,8,14H,7H2,1-5H3/q-1. The van der Waals surface area contributed by atoms with Crippen molar-refractivity contribution in [2.45, 2.75) is 34.6 Å². The van der Waals surface area contributed by atoms with Gasteiger partial charge in [-0.15, -0.1) is 0 Å². The van der Waals surface area contributed by atoms with Crippen LogP contribution in [0.15, 0.2) is 19.2 Å². The Morgan fingerprint density at radius 2 is 2.00 bits per heavy atom. The number of aliphatic hydroxyl groups excluding tert-OH is 1. The van der Waals surface area contributed by atoms with Crippen LogP contribution < -0.4 is 21.2 Å². The first-order valence-electron chi connectivity index (χ1n) is 5.22. The number of halogens is 1. The van der Waals surface area contributed by atoms with Gasteiger partial charge in [0.15, 0.2) is 0 Å². The van der Waals surface area contributed by atoms with Crippen molar-refractivity contribution >= 4 is 0 Å². The van der Waals surface area contributed by atoms with E-state index in [0.717, 1.165) is 15.1 Å². The van der Waals surface area contributed by atoms with Gasteiger partial charge in [-0.05, 0) is 0 Å². The molecule has 0 radical (unpaired) electrons. The molecule has 0 unspecified atom stereocenters. The summed E-state index contributed by atoms with van der Waals surface area (Å²) in [7, 11) is 0. The Morgan fingerprint density at radius 3 is 2.40 bits per heavy atom. The van der Waals surface area contributed by atoms with Crippen LogP contribution in [0.4, 0.5) is 0 Å². The number of ether oxygens (including phenoxy) is 1. The average molecular weight is 323 g/mol. The first-order valence-corrected chi connectivity index (χ1v) is 7.54. The van der Waals surface area contributed by atoms with Crippen molar-refractivity contribution in [2.75, 3.05) is 6.61 Å². The van der Waals surface area contributed by atoms with Crippen molar-refractivity contribution in [3.8, 4) is 0 Å². The summed E-state index contributed by atoms with van der Waals surface area (Å²) in [6, 6.07) is 0. The van der Waals surface area contributed by atoms with Crippen LogP contribution in [0, 0.1) is 11.3 Å². The van der Waals surface area contributed by atoms with Crippen LogP contribution >= 0.6 is 0 Å². The molecule has 0 aliphatic carbocycles. The topological polar surface area (TPSA) is 29.5 Å². The molecule has 0 bridgehead atoms. The van der Waals surface area contributed by atoms with E-state index >= 15 is 0 Å². The fourth-order valence-corrected chi connectivity index (χ4v) is 4.20. The fourth-order valence-electron chi connectivity index (χ4n) is 1.27. The molecule has 0 amide bonds. The van der Waals surface area contributed by atoms with Gasteiger partial charge in [-0.3, -0.25) is 0 Å². The van der Waals surface area contributed by atoms with Crippen LogP contribution in [-0.4, -0.2) is 11.7 Å². The van der Waals surface area contributed by atoms with E-state index in [-0.39, 0.29) is 33.2 Å². The number of aliphatic hydroxyl groups is 1. The summed E-state index contributed by atoms with van der Waals surface area (Å²) >= 11 is -0.189. The Balaban J connectivity index is 2.94. The van der Waals surface area contributed by atoms with Crippen molar-refractivity contribution in [1.29, 1.82) is 0 Å². The summed E-state index contributed by atoms with van der Waals surface area (Å²) in [4.78, 5) is 0. The zero-order valence-electron chi connectivity index (χ0n) is 10.1. The summed E-state index contributed by atoms with van der Waals surface area (Å²) in [6.45, 7) is 10.8. The number of hydrogen-bond donors (Lipinski definition) is 1. The molecule has 15 heavy (non-hydrogen) atoms. The van der Waals surface area contributed by atoms with Crippen molar-refractivity contribution in [1.82, 2.24) is 0 Å². The van der Waals surface area contributed by atoms with Crippen molar-refractivity contribution < 1.29 is 31.0 Å². The monoisotopic (exact) mass is 323 g/mol. The van der Waals surface area contributed by atoms with Crippen LogP contribution in [0.3, 0.4) is 0 Å². The molecule has 2 nitrogen and oxygen atoms in total. The third kappa shape index (κ3) is 3.21. The van der Waals surface area contributed by atoms with Gasteiger partial charge in [-0.1, -0.05) is 0 Å². The molecular formula is C12H20IO2-. The normalized spacial score (nSPS) is 18.5. The van der Waals surface area contributed by atoms with Crippen LogP contribution in [-0.2, 0) is 4.74 Å². The van der Waals surface area contributed by atoms with E-state index in [1.807, 2.05) is 0 Å². The minimum atomic E-state index is -0.189. The molecule has 0 aromatic heterocycles. The number of rotatable bonds is 2. The van der Waals surface area contributed by atoms with Gasteiger partial charge in [0.1, 0.15) is 0 Å². The molecule has 1 rings (SSSR count). The molecular weight excluding hydrogens is 303 g/mol. The Labute approximate surface area is 103 Å². The Bertz CT molecular complexity index is 295. The molecule has 0 saturated carbocycles. The SMILES string of the molecule is CC(C)C1=C[I-]C(CO)=C(C(C)(C)C)O1. The summed E-state index contributed by atoms with van der Waals surface area (Å²) < 4.78 is 9.23. The first kappa shape index (κ1) is 13.0. The zero-order chi connectivity index (χ0) is 11.6. The van der Waals surface area contributed by atoms with Gasteiger partial charge < -0.3 is 0 Å². The molecule has 0 spiro atoms. The van der Waals surface area contributed by atoms with E-state index < -0.39 is 0 Å². The van der Waals surface area contributed by atoms with E-state index in [0.29, 0.717) is 5.92 Å². The predicted octanol–water partition coefficient (Wildman–Crippen LogP) is -0.147. The van der Waals surface area contributed by atoms with E-state index in [1.165, 1.54) is 0 Å². The van der Waals surface area contributed by atoms with E-state index in [2.05, 4.69) is 38.7 Å². The number of hydrogen-bond acceptors (Lipinski definition) is 2. The minimum absolute atomic E-state index is 0.00775. The van der Waals surface area contributed by atoms with Crippen molar-refractivity contribution in [2.24, 2.45) is 11.3 Å². The van der Waals surface area contributed by atoms with Gasteiger partial charge in [0.05, 0.1) is 0 Å². The number of allylic oxidation sites excluding steroid dienone is 2. The predicted molar refractivity (Wildman–Crippen MR) is 57.6 cm³/mol. The molecule has 0 atom stereocenters. The second-order valence-corrected chi connectivity index (χ2v) is 7.57. The molecule has 0 fully saturated rings. The molecule has 88 valence electrons. The van der Waals surface area contributed by atoms with Gasteiger partial charge in [0.25, 0.3) is 0 Å². The maximum absolute atomic E-state index is 9.31. The van der Waals surface area contributed by atoms with Crippen molar-refractivity contribution in [3.63, 3.8) is 0 Å². The van der Waals surface area contributed by atoms with E-state index in [9.17, 15) is 5.11 Å². The van der Waals surface area contributed by atoms with Gasteiger partial charge in [0.2, 0.25) is 0 Å². The Morgan fingerprint density at radius 1 is 1.40 bits per heavy atom. The maximum atomic E-state index is 9.31. The van der Waals surface area contributed by atoms with E-state index in [4.69, 9.17) is 4.74 Å². The quantitative estimate of drug-likeness (QED) is 0.717. The van der Waals surface area contributed by atoms with E-state index in [1.54, 1.807) is 0 Å². The fraction of sp³-hybridized carbons (Fsp3) is 0.667. The van der Waals surface area contributed by atoms with Crippen LogP contribution in [0.5, 0.6) is 0 Å². The molecule has 1 heterocycles. The zero-order valence-corrected chi connectivity index (χ0v) is 12.3. The second-order valence-electron chi connectivity index (χ2n) is 5.02. The van der Waals surface area contributed by atoms with Gasteiger partial charge in [0, 0.05) is 0 Å². The Hall–Kier alpha value is -0.0300.